The zero-order valence-corrected chi connectivity index (χ0v) is 12.8. The van der Waals surface area contributed by atoms with E-state index < -0.39 is 0 Å². The van der Waals surface area contributed by atoms with Crippen molar-refractivity contribution < 1.29 is 0 Å². The molecule has 1 aliphatic carbocycles. The van der Waals surface area contributed by atoms with Gasteiger partial charge in [0, 0.05) is 37.8 Å². The Kier molecular flexibility index (Phi) is 4.73. The summed E-state index contributed by atoms with van der Waals surface area (Å²) >= 11 is 0. The molecular formula is C18H27N3. The van der Waals surface area contributed by atoms with Crippen LogP contribution in [0.2, 0.25) is 0 Å². The van der Waals surface area contributed by atoms with Gasteiger partial charge < -0.3 is 11.1 Å². The van der Waals surface area contributed by atoms with Gasteiger partial charge in [0.15, 0.2) is 0 Å². The van der Waals surface area contributed by atoms with Crippen LogP contribution in [0.15, 0.2) is 42.5 Å². The fourth-order valence-corrected chi connectivity index (χ4v) is 3.56. The summed E-state index contributed by atoms with van der Waals surface area (Å²) in [5.74, 6) is 0. The highest BCUT2D eigenvalue weighted by molar-refractivity contribution is 5.14. The van der Waals surface area contributed by atoms with Crippen molar-refractivity contribution in [2.75, 3.05) is 19.6 Å². The van der Waals surface area contributed by atoms with Crippen molar-refractivity contribution in [3.63, 3.8) is 0 Å². The Morgan fingerprint density at radius 1 is 1.10 bits per heavy atom. The largest absolute Gasteiger partial charge is 0.329 e. The van der Waals surface area contributed by atoms with Crippen LogP contribution in [0.1, 0.15) is 31.2 Å². The van der Waals surface area contributed by atoms with Crippen molar-refractivity contribution in [1.82, 2.24) is 10.2 Å². The fourth-order valence-electron chi connectivity index (χ4n) is 3.56. The first-order valence-electron chi connectivity index (χ1n) is 8.19. The van der Waals surface area contributed by atoms with Crippen LogP contribution < -0.4 is 11.1 Å². The SMILES string of the molecule is NCC1(NC2CC=CC2)CCN(Cc2ccccc2)CC1. The average Bonchev–Trinajstić information content (AvgIpc) is 3.03. The van der Waals surface area contributed by atoms with Crippen molar-refractivity contribution in [3.05, 3.63) is 48.0 Å². The molecule has 0 aromatic heterocycles. The first-order valence-corrected chi connectivity index (χ1v) is 8.19. The van der Waals surface area contributed by atoms with Crippen LogP contribution in [0, 0.1) is 0 Å². The number of rotatable bonds is 5. The second kappa shape index (κ2) is 6.73. The monoisotopic (exact) mass is 285 g/mol. The summed E-state index contributed by atoms with van der Waals surface area (Å²) < 4.78 is 0. The molecule has 0 saturated carbocycles. The Bertz CT molecular complexity index is 453. The standard InChI is InChI=1S/C18H27N3/c19-15-18(20-17-8-4-5-9-17)10-12-21(13-11-18)14-16-6-2-1-3-7-16/h1-7,17,20H,8-15,19H2. The van der Waals surface area contributed by atoms with Crippen molar-refractivity contribution in [2.45, 2.75) is 43.8 Å². The van der Waals surface area contributed by atoms with Gasteiger partial charge in [0.1, 0.15) is 0 Å². The van der Waals surface area contributed by atoms with Gasteiger partial charge in [0.25, 0.3) is 0 Å². The summed E-state index contributed by atoms with van der Waals surface area (Å²) in [4.78, 5) is 2.55. The Balaban J connectivity index is 1.52. The lowest BCUT2D eigenvalue weighted by Gasteiger charge is -2.43. The first kappa shape index (κ1) is 14.8. The van der Waals surface area contributed by atoms with Crippen LogP contribution in [0.25, 0.3) is 0 Å². The molecule has 21 heavy (non-hydrogen) atoms. The average molecular weight is 285 g/mol. The van der Waals surface area contributed by atoms with Crippen molar-refractivity contribution in [1.29, 1.82) is 0 Å². The molecule has 0 unspecified atom stereocenters. The van der Waals surface area contributed by atoms with E-state index in [0.717, 1.165) is 51.9 Å². The number of nitrogens with zero attached hydrogens (tertiary/aromatic N) is 1. The normalized spacial score (nSPS) is 22.7. The van der Waals surface area contributed by atoms with E-state index >= 15 is 0 Å². The zero-order valence-electron chi connectivity index (χ0n) is 12.8. The number of benzene rings is 1. The quantitative estimate of drug-likeness (QED) is 0.816. The number of likely N-dealkylation sites (tertiary alicyclic amines) is 1. The number of hydrogen-bond donors (Lipinski definition) is 2. The van der Waals surface area contributed by atoms with Crippen LogP contribution in [-0.4, -0.2) is 36.1 Å². The first-order chi connectivity index (χ1) is 10.3. The molecule has 1 heterocycles. The molecule has 1 aliphatic heterocycles. The Hall–Kier alpha value is -1.16. The maximum Gasteiger partial charge on any atom is 0.0331 e. The van der Waals surface area contributed by atoms with Crippen molar-refractivity contribution in [3.8, 4) is 0 Å². The topological polar surface area (TPSA) is 41.3 Å². The van der Waals surface area contributed by atoms with Crippen molar-refractivity contribution >= 4 is 0 Å². The second-order valence-corrected chi connectivity index (χ2v) is 6.53. The van der Waals surface area contributed by atoms with E-state index in [-0.39, 0.29) is 5.54 Å². The predicted octanol–water partition coefficient (Wildman–Crippen LogP) is 2.29. The molecule has 3 heteroatoms. The molecule has 3 rings (SSSR count). The lowest BCUT2D eigenvalue weighted by molar-refractivity contribution is 0.124. The minimum Gasteiger partial charge on any atom is -0.329 e. The van der Waals surface area contributed by atoms with Gasteiger partial charge in [-0.25, -0.2) is 0 Å². The highest BCUT2D eigenvalue weighted by Crippen LogP contribution is 2.25. The fraction of sp³-hybridized carbons (Fsp3) is 0.556. The highest BCUT2D eigenvalue weighted by atomic mass is 15.2. The zero-order chi connectivity index (χ0) is 14.5. The molecule has 1 saturated heterocycles. The van der Waals surface area contributed by atoms with E-state index in [9.17, 15) is 0 Å². The molecular weight excluding hydrogens is 258 g/mol. The summed E-state index contributed by atoms with van der Waals surface area (Å²) in [6.45, 7) is 4.09. The summed E-state index contributed by atoms with van der Waals surface area (Å²) in [5, 5.41) is 3.85. The molecule has 0 radical (unpaired) electrons. The van der Waals surface area contributed by atoms with E-state index in [1.54, 1.807) is 0 Å². The number of hydrogen-bond acceptors (Lipinski definition) is 3. The minimum absolute atomic E-state index is 0.157. The lowest BCUT2D eigenvalue weighted by Crippen LogP contribution is -2.59. The number of nitrogens with one attached hydrogen (secondary N) is 1. The lowest BCUT2D eigenvalue weighted by atomic mass is 9.86. The van der Waals surface area contributed by atoms with Gasteiger partial charge in [-0.3, -0.25) is 4.90 Å². The molecule has 2 aliphatic rings. The number of nitrogens with two attached hydrogens (primary N) is 1. The third-order valence-electron chi connectivity index (χ3n) is 4.97. The van der Waals surface area contributed by atoms with Gasteiger partial charge in [-0.15, -0.1) is 0 Å². The van der Waals surface area contributed by atoms with E-state index in [0.29, 0.717) is 6.04 Å². The summed E-state index contributed by atoms with van der Waals surface area (Å²) in [5.41, 5.74) is 7.68. The molecule has 3 N–H and O–H groups in total. The van der Waals surface area contributed by atoms with Crippen LogP contribution in [0.5, 0.6) is 0 Å². The molecule has 0 atom stereocenters. The molecule has 0 bridgehead atoms. The van der Waals surface area contributed by atoms with E-state index in [1.165, 1.54) is 5.56 Å². The van der Waals surface area contributed by atoms with Gasteiger partial charge in [0.2, 0.25) is 0 Å². The van der Waals surface area contributed by atoms with Crippen LogP contribution in [0.3, 0.4) is 0 Å². The Labute approximate surface area is 128 Å². The van der Waals surface area contributed by atoms with E-state index in [1.807, 2.05) is 0 Å². The second-order valence-electron chi connectivity index (χ2n) is 6.53. The van der Waals surface area contributed by atoms with E-state index in [4.69, 9.17) is 5.73 Å². The van der Waals surface area contributed by atoms with Crippen LogP contribution >= 0.6 is 0 Å². The van der Waals surface area contributed by atoms with Crippen molar-refractivity contribution in [2.24, 2.45) is 5.73 Å². The molecule has 1 fully saturated rings. The minimum atomic E-state index is 0.157. The van der Waals surface area contributed by atoms with Crippen LogP contribution in [-0.2, 0) is 6.54 Å². The van der Waals surface area contributed by atoms with Gasteiger partial charge in [0.05, 0.1) is 0 Å². The number of piperidine rings is 1. The summed E-state index contributed by atoms with van der Waals surface area (Å²) in [7, 11) is 0. The van der Waals surface area contributed by atoms with E-state index in [2.05, 4.69) is 52.7 Å². The maximum atomic E-state index is 6.11. The van der Waals surface area contributed by atoms with Gasteiger partial charge in [-0.1, -0.05) is 42.5 Å². The Morgan fingerprint density at radius 2 is 1.76 bits per heavy atom. The molecule has 1 aromatic rings. The highest BCUT2D eigenvalue weighted by Gasteiger charge is 2.34. The molecule has 114 valence electrons. The van der Waals surface area contributed by atoms with Gasteiger partial charge in [-0.2, -0.15) is 0 Å². The summed E-state index contributed by atoms with van der Waals surface area (Å²) in [6.07, 6.45) is 9.21. The summed E-state index contributed by atoms with van der Waals surface area (Å²) in [6, 6.07) is 11.4. The maximum absolute atomic E-state index is 6.11. The Morgan fingerprint density at radius 3 is 2.38 bits per heavy atom. The van der Waals surface area contributed by atoms with Gasteiger partial charge in [-0.05, 0) is 31.2 Å². The smallest absolute Gasteiger partial charge is 0.0331 e. The molecule has 0 spiro atoms. The van der Waals surface area contributed by atoms with Gasteiger partial charge >= 0.3 is 0 Å². The predicted molar refractivity (Wildman–Crippen MR) is 88.0 cm³/mol. The molecule has 1 aromatic carbocycles. The third kappa shape index (κ3) is 3.73. The molecule has 0 amide bonds. The third-order valence-corrected chi connectivity index (χ3v) is 4.97. The van der Waals surface area contributed by atoms with Crippen LogP contribution in [0.4, 0.5) is 0 Å². The molecule has 3 nitrogen and oxygen atoms in total.